The fraction of sp³-hybridized carbons (Fsp3) is 0.316. The number of ether oxygens (including phenoxy) is 1. The Bertz CT molecular complexity index is 983. The molecule has 0 spiro atoms. The van der Waals surface area contributed by atoms with Gasteiger partial charge in [0.15, 0.2) is 0 Å². The van der Waals surface area contributed by atoms with Crippen LogP contribution in [0.3, 0.4) is 0 Å². The summed E-state index contributed by atoms with van der Waals surface area (Å²) in [4.78, 5) is 13.9. The third-order valence-electron chi connectivity index (χ3n) is 4.69. The van der Waals surface area contributed by atoms with Gasteiger partial charge >= 0.3 is 6.18 Å². The van der Waals surface area contributed by atoms with Gasteiger partial charge in [-0.2, -0.15) is 17.5 Å². The van der Waals surface area contributed by atoms with Crippen LogP contribution < -0.4 is 4.74 Å². The zero-order valence-corrected chi connectivity index (χ0v) is 16.3. The maximum Gasteiger partial charge on any atom is 0.417 e. The SMILES string of the molecule is COc1ccc(S(=O)(=O)N2CCN(C(=O)c3ccccc3C(F)(F)F)CC2)cc1. The van der Waals surface area contributed by atoms with Gasteiger partial charge in [0.2, 0.25) is 10.0 Å². The van der Waals surface area contributed by atoms with E-state index in [0.717, 1.165) is 12.1 Å². The van der Waals surface area contributed by atoms with Gasteiger partial charge in [-0.3, -0.25) is 4.79 Å². The van der Waals surface area contributed by atoms with E-state index in [1.807, 2.05) is 0 Å². The van der Waals surface area contributed by atoms with Gasteiger partial charge in [-0.25, -0.2) is 8.42 Å². The Morgan fingerprint density at radius 2 is 1.55 bits per heavy atom. The van der Waals surface area contributed by atoms with Gasteiger partial charge in [0.25, 0.3) is 5.91 Å². The minimum Gasteiger partial charge on any atom is -0.497 e. The van der Waals surface area contributed by atoms with Gasteiger partial charge in [-0.15, -0.1) is 0 Å². The first kappa shape index (κ1) is 21.1. The molecule has 156 valence electrons. The van der Waals surface area contributed by atoms with Gasteiger partial charge in [-0.1, -0.05) is 12.1 Å². The van der Waals surface area contributed by atoms with Crippen molar-refractivity contribution in [3.8, 4) is 5.75 Å². The Hall–Kier alpha value is -2.59. The minimum absolute atomic E-state index is 0.000406. The number of nitrogens with zero attached hydrogens (tertiary/aromatic N) is 2. The molecule has 2 aromatic rings. The first-order valence-electron chi connectivity index (χ1n) is 8.74. The van der Waals surface area contributed by atoms with E-state index < -0.39 is 33.2 Å². The molecule has 0 N–H and O–H groups in total. The summed E-state index contributed by atoms with van der Waals surface area (Å²) in [7, 11) is -2.30. The average Bonchev–Trinajstić information content (AvgIpc) is 2.72. The van der Waals surface area contributed by atoms with E-state index in [0.29, 0.717) is 5.75 Å². The van der Waals surface area contributed by atoms with Crippen LogP contribution in [-0.4, -0.2) is 56.8 Å². The molecule has 6 nitrogen and oxygen atoms in total. The van der Waals surface area contributed by atoms with Crippen LogP contribution in [0.2, 0.25) is 0 Å². The van der Waals surface area contributed by atoms with Crippen molar-refractivity contribution >= 4 is 15.9 Å². The van der Waals surface area contributed by atoms with Crippen molar-refractivity contribution in [1.82, 2.24) is 9.21 Å². The predicted molar refractivity (Wildman–Crippen MR) is 99.1 cm³/mol. The molecular weight excluding hydrogens is 409 g/mol. The van der Waals surface area contributed by atoms with E-state index in [4.69, 9.17) is 4.74 Å². The molecule has 2 aromatic carbocycles. The molecule has 0 saturated carbocycles. The molecule has 0 unspecified atom stereocenters. The number of carbonyl (C=O) groups is 1. The van der Waals surface area contributed by atoms with E-state index in [1.165, 1.54) is 52.7 Å². The third kappa shape index (κ3) is 4.38. The van der Waals surface area contributed by atoms with Crippen molar-refractivity contribution in [1.29, 1.82) is 0 Å². The number of hydrogen-bond acceptors (Lipinski definition) is 4. The van der Waals surface area contributed by atoms with Crippen molar-refractivity contribution < 1.29 is 31.1 Å². The molecule has 0 aliphatic carbocycles. The monoisotopic (exact) mass is 428 g/mol. The summed E-state index contributed by atoms with van der Waals surface area (Å²) >= 11 is 0. The molecular formula is C19H19F3N2O4S. The highest BCUT2D eigenvalue weighted by atomic mass is 32.2. The van der Waals surface area contributed by atoms with Gasteiger partial charge in [0, 0.05) is 26.2 Å². The predicted octanol–water partition coefficient (Wildman–Crippen LogP) is 2.86. The van der Waals surface area contributed by atoms with Crippen LogP contribution in [0.15, 0.2) is 53.4 Å². The molecule has 1 fully saturated rings. The second kappa shape index (κ2) is 8.03. The van der Waals surface area contributed by atoms with Crippen LogP contribution in [0.1, 0.15) is 15.9 Å². The van der Waals surface area contributed by atoms with Gasteiger partial charge < -0.3 is 9.64 Å². The number of hydrogen-bond donors (Lipinski definition) is 0. The lowest BCUT2D eigenvalue weighted by Crippen LogP contribution is -2.50. The lowest BCUT2D eigenvalue weighted by Gasteiger charge is -2.34. The molecule has 1 aliphatic rings. The highest BCUT2D eigenvalue weighted by Gasteiger charge is 2.37. The first-order chi connectivity index (χ1) is 13.6. The molecule has 3 rings (SSSR count). The molecule has 0 radical (unpaired) electrons. The summed E-state index contributed by atoms with van der Waals surface area (Å²) in [5.74, 6) is -0.248. The number of sulfonamides is 1. The average molecular weight is 428 g/mol. The van der Waals surface area contributed by atoms with E-state index in [-0.39, 0.29) is 31.1 Å². The molecule has 1 amide bonds. The second-order valence-corrected chi connectivity index (χ2v) is 8.35. The highest BCUT2D eigenvalue weighted by Crippen LogP contribution is 2.32. The van der Waals surface area contributed by atoms with Gasteiger partial charge in [-0.05, 0) is 36.4 Å². The zero-order valence-electron chi connectivity index (χ0n) is 15.5. The van der Waals surface area contributed by atoms with Gasteiger partial charge in [0.1, 0.15) is 5.75 Å². The molecule has 1 saturated heterocycles. The number of carbonyl (C=O) groups excluding carboxylic acids is 1. The zero-order chi connectivity index (χ0) is 21.2. The number of benzene rings is 2. The van der Waals surface area contributed by atoms with Crippen molar-refractivity contribution in [2.75, 3.05) is 33.3 Å². The first-order valence-corrected chi connectivity index (χ1v) is 10.2. The Kier molecular flexibility index (Phi) is 5.85. The Morgan fingerprint density at radius 3 is 2.10 bits per heavy atom. The molecule has 0 aromatic heterocycles. The van der Waals surface area contributed by atoms with E-state index in [2.05, 4.69) is 0 Å². The second-order valence-electron chi connectivity index (χ2n) is 6.42. The Balaban J connectivity index is 1.73. The maximum atomic E-state index is 13.2. The fourth-order valence-electron chi connectivity index (χ4n) is 3.12. The van der Waals surface area contributed by atoms with Crippen LogP contribution >= 0.6 is 0 Å². The Morgan fingerprint density at radius 1 is 0.966 bits per heavy atom. The number of rotatable bonds is 4. The largest absolute Gasteiger partial charge is 0.497 e. The summed E-state index contributed by atoms with van der Waals surface area (Å²) in [6, 6.07) is 10.5. The fourth-order valence-corrected chi connectivity index (χ4v) is 4.54. The smallest absolute Gasteiger partial charge is 0.417 e. The van der Waals surface area contributed by atoms with Gasteiger partial charge in [0.05, 0.1) is 23.1 Å². The van der Waals surface area contributed by atoms with Crippen LogP contribution in [0.25, 0.3) is 0 Å². The summed E-state index contributed by atoms with van der Waals surface area (Å²) in [5.41, 5.74) is -1.44. The maximum absolute atomic E-state index is 13.2. The van der Waals surface area contributed by atoms with Crippen molar-refractivity contribution in [2.45, 2.75) is 11.1 Å². The topological polar surface area (TPSA) is 66.9 Å². The summed E-state index contributed by atoms with van der Waals surface area (Å²) in [6.07, 6.45) is -4.65. The van der Waals surface area contributed by atoms with Crippen LogP contribution in [0, 0.1) is 0 Å². The molecule has 10 heteroatoms. The number of halogens is 3. The number of amides is 1. The standard InChI is InChI=1S/C19H19F3N2O4S/c1-28-14-6-8-15(9-7-14)29(26,27)24-12-10-23(11-13-24)18(25)16-4-2-3-5-17(16)19(20,21)22/h2-9H,10-13H2,1H3. The molecule has 0 atom stereocenters. The minimum atomic E-state index is -4.65. The molecule has 1 aliphatic heterocycles. The van der Waals surface area contributed by atoms with Crippen molar-refractivity contribution in [2.24, 2.45) is 0 Å². The number of alkyl halides is 3. The van der Waals surface area contributed by atoms with E-state index in [1.54, 1.807) is 0 Å². The van der Waals surface area contributed by atoms with E-state index in [9.17, 15) is 26.4 Å². The van der Waals surface area contributed by atoms with Crippen molar-refractivity contribution in [3.05, 3.63) is 59.7 Å². The van der Waals surface area contributed by atoms with Crippen LogP contribution in [0.5, 0.6) is 5.75 Å². The molecule has 29 heavy (non-hydrogen) atoms. The molecule has 1 heterocycles. The Labute approximate surface area is 166 Å². The normalized spacial score (nSPS) is 15.9. The number of piperazine rings is 1. The lowest BCUT2D eigenvalue weighted by molar-refractivity contribution is -0.138. The lowest BCUT2D eigenvalue weighted by atomic mass is 10.1. The number of methoxy groups -OCH3 is 1. The highest BCUT2D eigenvalue weighted by molar-refractivity contribution is 7.89. The summed E-state index contributed by atoms with van der Waals surface area (Å²) in [6.45, 7) is -0.0105. The third-order valence-corrected chi connectivity index (χ3v) is 6.60. The van der Waals surface area contributed by atoms with Crippen molar-refractivity contribution in [3.63, 3.8) is 0 Å². The summed E-state index contributed by atoms with van der Waals surface area (Å²) in [5, 5.41) is 0. The summed E-state index contributed by atoms with van der Waals surface area (Å²) < 4.78 is 71.2. The molecule has 0 bridgehead atoms. The van der Waals surface area contributed by atoms with Crippen LogP contribution in [-0.2, 0) is 16.2 Å². The quantitative estimate of drug-likeness (QED) is 0.751. The van der Waals surface area contributed by atoms with Crippen LogP contribution in [0.4, 0.5) is 13.2 Å². The van der Waals surface area contributed by atoms with E-state index >= 15 is 0 Å².